The highest BCUT2D eigenvalue weighted by Gasteiger charge is 2.34. The summed E-state index contributed by atoms with van der Waals surface area (Å²) < 4.78 is 40.1. The Bertz CT molecular complexity index is 1330. The number of nitrogens with one attached hydrogen (secondary N) is 2. The molecule has 2 unspecified atom stereocenters. The van der Waals surface area contributed by atoms with Crippen molar-refractivity contribution >= 4 is 28.6 Å². The summed E-state index contributed by atoms with van der Waals surface area (Å²) in [5.41, 5.74) is 1.05. The van der Waals surface area contributed by atoms with Crippen LogP contribution >= 0.6 is 22.7 Å². The number of carbonyl (C=O) groups is 1. The van der Waals surface area contributed by atoms with Gasteiger partial charge in [-0.2, -0.15) is 13.2 Å². The van der Waals surface area contributed by atoms with E-state index in [0.717, 1.165) is 35.8 Å². The zero-order chi connectivity index (χ0) is 25.8. The number of rotatable bonds is 8. The molecule has 2 aromatic carbocycles. The highest BCUT2D eigenvalue weighted by molar-refractivity contribution is 7.21. The van der Waals surface area contributed by atoms with Crippen LogP contribution in [0.1, 0.15) is 35.3 Å². The first-order valence-electron chi connectivity index (χ1n) is 12.3. The summed E-state index contributed by atoms with van der Waals surface area (Å²) in [5, 5.41) is 8.68. The van der Waals surface area contributed by atoms with Gasteiger partial charge in [-0.15, -0.1) is 22.7 Å². The summed E-state index contributed by atoms with van der Waals surface area (Å²) >= 11 is 3.41. The van der Waals surface area contributed by atoms with Gasteiger partial charge in [0.2, 0.25) is 5.91 Å². The quantitative estimate of drug-likeness (QED) is 0.240. The minimum absolute atomic E-state index is 0.0696. The van der Waals surface area contributed by atoms with Gasteiger partial charge in [-0.05, 0) is 59.2 Å². The number of benzene rings is 2. The van der Waals surface area contributed by atoms with Gasteiger partial charge < -0.3 is 10.6 Å². The zero-order valence-corrected chi connectivity index (χ0v) is 21.7. The Kier molecular flexibility index (Phi) is 7.79. The molecule has 1 aliphatic carbocycles. The molecule has 0 aliphatic heterocycles. The third-order valence-electron chi connectivity index (χ3n) is 6.78. The fourth-order valence-electron chi connectivity index (χ4n) is 4.88. The summed E-state index contributed by atoms with van der Waals surface area (Å²) in [6.45, 7) is 1.09. The lowest BCUT2D eigenvalue weighted by Gasteiger charge is -2.21. The molecule has 1 aliphatic rings. The predicted molar refractivity (Wildman–Crippen MR) is 144 cm³/mol. The van der Waals surface area contributed by atoms with Crippen LogP contribution in [0, 0.1) is 5.92 Å². The van der Waals surface area contributed by atoms with Gasteiger partial charge in [0.1, 0.15) is 0 Å². The molecule has 5 rings (SSSR count). The molecule has 8 heteroatoms. The number of halogens is 3. The first kappa shape index (κ1) is 25.7. The number of hydrogen-bond donors (Lipinski definition) is 2. The lowest BCUT2D eigenvalue weighted by atomic mass is 9.98. The van der Waals surface area contributed by atoms with Crippen LogP contribution in [-0.4, -0.2) is 11.9 Å². The maximum atomic E-state index is 13.4. The molecule has 1 saturated carbocycles. The molecule has 192 valence electrons. The van der Waals surface area contributed by atoms with E-state index in [1.165, 1.54) is 21.9 Å². The summed E-state index contributed by atoms with van der Waals surface area (Å²) in [4.78, 5) is 16.5. The first-order chi connectivity index (χ1) is 17.9. The molecule has 0 radical (unpaired) electrons. The van der Waals surface area contributed by atoms with Crippen LogP contribution in [-0.2, 0) is 24.1 Å². The average molecular weight is 541 g/mol. The van der Waals surface area contributed by atoms with Crippen LogP contribution in [0.2, 0.25) is 0 Å². The van der Waals surface area contributed by atoms with Gasteiger partial charge in [0.15, 0.2) is 0 Å². The van der Waals surface area contributed by atoms with Gasteiger partial charge in [-0.25, -0.2) is 0 Å². The highest BCUT2D eigenvalue weighted by Crippen LogP contribution is 2.37. The minimum atomic E-state index is -4.40. The number of amides is 1. The van der Waals surface area contributed by atoms with Gasteiger partial charge in [0.25, 0.3) is 0 Å². The second kappa shape index (κ2) is 11.2. The van der Waals surface area contributed by atoms with E-state index in [4.69, 9.17) is 0 Å². The van der Waals surface area contributed by atoms with E-state index in [2.05, 4.69) is 34.2 Å². The summed E-state index contributed by atoms with van der Waals surface area (Å²) in [6, 6.07) is 21.2. The molecule has 0 spiro atoms. The number of thiophene rings is 2. The molecular weight excluding hydrogens is 513 g/mol. The maximum Gasteiger partial charge on any atom is 0.417 e. The predicted octanol–water partition coefficient (Wildman–Crippen LogP) is 7.74. The number of alkyl halides is 3. The molecule has 3 nitrogen and oxygen atoms in total. The summed E-state index contributed by atoms with van der Waals surface area (Å²) in [7, 11) is 0. The Morgan fingerprint density at radius 3 is 2.46 bits per heavy atom. The van der Waals surface area contributed by atoms with Crippen molar-refractivity contribution in [3.05, 3.63) is 94.2 Å². The van der Waals surface area contributed by atoms with E-state index in [9.17, 15) is 18.0 Å². The third kappa shape index (κ3) is 6.14. The van der Waals surface area contributed by atoms with E-state index in [1.54, 1.807) is 40.9 Å². The van der Waals surface area contributed by atoms with Crippen molar-refractivity contribution < 1.29 is 18.0 Å². The van der Waals surface area contributed by atoms with Crippen molar-refractivity contribution in [3.8, 4) is 20.9 Å². The van der Waals surface area contributed by atoms with Crippen molar-refractivity contribution in [1.82, 2.24) is 10.6 Å². The Labute approximate surface area is 222 Å². The van der Waals surface area contributed by atoms with Crippen LogP contribution in [0.3, 0.4) is 0 Å². The third-order valence-corrected chi connectivity index (χ3v) is 8.93. The lowest BCUT2D eigenvalue weighted by Crippen LogP contribution is -2.41. The first-order valence-corrected chi connectivity index (χ1v) is 14.0. The monoisotopic (exact) mass is 540 g/mol. The lowest BCUT2D eigenvalue weighted by molar-refractivity contribution is -0.137. The molecule has 1 amide bonds. The van der Waals surface area contributed by atoms with Gasteiger partial charge in [-0.3, -0.25) is 4.79 Å². The maximum absolute atomic E-state index is 13.4. The molecule has 0 saturated heterocycles. The van der Waals surface area contributed by atoms with Gasteiger partial charge in [0.05, 0.1) is 18.0 Å². The van der Waals surface area contributed by atoms with E-state index in [-0.39, 0.29) is 23.4 Å². The van der Waals surface area contributed by atoms with Crippen molar-refractivity contribution in [3.63, 3.8) is 0 Å². The zero-order valence-electron chi connectivity index (χ0n) is 20.1. The number of hydrogen-bond acceptors (Lipinski definition) is 4. The summed E-state index contributed by atoms with van der Waals surface area (Å²) in [5.74, 6) is -0.0187. The molecule has 2 aromatic heterocycles. The smallest absolute Gasteiger partial charge is 0.351 e. The molecule has 0 bridgehead atoms. The van der Waals surface area contributed by atoms with Crippen LogP contribution in [0.4, 0.5) is 13.2 Å². The molecule has 37 heavy (non-hydrogen) atoms. The topological polar surface area (TPSA) is 41.1 Å². The fraction of sp³-hybridized carbons (Fsp3) is 0.276. The van der Waals surface area contributed by atoms with Crippen LogP contribution in [0.15, 0.2) is 78.2 Å². The van der Waals surface area contributed by atoms with E-state index in [0.29, 0.717) is 18.7 Å². The summed E-state index contributed by atoms with van der Waals surface area (Å²) in [6.07, 6.45) is -1.63. The van der Waals surface area contributed by atoms with Crippen molar-refractivity contribution in [2.45, 2.75) is 44.6 Å². The Morgan fingerprint density at radius 1 is 0.892 bits per heavy atom. The molecule has 4 aromatic rings. The van der Waals surface area contributed by atoms with Crippen molar-refractivity contribution in [1.29, 1.82) is 0 Å². The molecule has 2 atom stereocenters. The molecular formula is C29H27F3N2OS2. The van der Waals surface area contributed by atoms with Crippen LogP contribution < -0.4 is 10.6 Å². The van der Waals surface area contributed by atoms with Crippen LogP contribution in [0.5, 0.6) is 0 Å². The Balaban J connectivity index is 1.16. The number of carbonyl (C=O) groups excluding carboxylic acids is 1. The van der Waals surface area contributed by atoms with Crippen LogP contribution in [0.25, 0.3) is 20.9 Å². The fourth-order valence-corrected chi connectivity index (χ4v) is 6.66. The SMILES string of the molecule is O=C(NCc1ccc(-c2cccs2)s1)C1CCCC1NCc1ccc(-c2ccccc2C(F)(F)F)cc1. The Morgan fingerprint density at radius 2 is 1.70 bits per heavy atom. The second-order valence-electron chi connectivity index (χ2n) is 9.23. The second-order valence-corrected chi connectivity index (χ2v) is 11.3. The molecule has 2 N–H and O–H groups in total. The molecule has 1 fully saturated rings. The van der Waals surface area contributed by atoms with Gasteiger partial charge in [-0.1, -0.05) is 55.0 Å². The van der Waals surface area contributed by atoms with Gasteiger partial charge in [0, 0.05) is 27.2 Å². The molecule has 2 heterocycles. The Hall–Kier alpha value is -2.94. The van der Waals surface area contributed by atoms with Gasteiger partial charge >= 0.3 is 6.18 Å². The normalized spacial score (nSPS) is 17.7. The van der Waals surface area contributed by atoms with Crippen molar-refractivity contribution in [2.24, 2.45) is 5.92 Å². The minimum Gasteiger partial charge on any atom is -0.351 e. The standard InChI is InChI=1S/C29H27F3N2OS2/c30-29(31,32)24-7-2-1-5-22(24)20-12-10-19(11-13-20)17-33-25-8-3-6-23(25)28(35)34-18-21-14-15-27(37-21)26-9-4-16-36-26/h1-2,4-5,7,9-16,23,25,33H,3,6,8,17-18H2,(H,34,35). The van der Waals surface area contributed by atoms with E-state index >= 15 is 0 Å². The van der Waals surface area contributed by atoms with E-state index in [1.807, 2.05) is 18.2 Å². The highest BCUT2D eigenvalue weighted by atomic mass is 32.1. The average Bonchev–Trinajstić information content (AvgIpc) is 3.67. The van der Waals surface area contributed by atoms with Crippen molar-refractivity contribution in [2.75, 3.05) is 0 Å². The largest absolute Gasteiger partial charge is 0.417 e. The van der Waals surface area contributed by atoms with E-state index < -0.39 is 11.7 Å².